The van der Waals surface area contributed by atoms with Gasteiger partial charge in [0, 0.05) is 6.54 Å². The van der Waals surface area contributed by atoms with Crippen molar-refractivity contribution in [2.24, 2.45) is 0 Å². The van der Waals surface area contributed by atoms with Crippen molar-refractivity contribution in [1.82, 2.24) is 0 Å². The summed E-state index contributed by atoms with van der Waals surface area (Å²) < 4.78 is 5.38. The molecule has 3 nitrogen and oxygen atoms in total. The van der Waals surface area contributed by atoms with Gasteiger partial charge in [-0.15, -0.1) is 0 Å². The van der Waals surface area contributed by atoms with E-state index in [1.54, 1.807) is 7.11 Å². The summed E-state index contributed by atoms with van der Waals surface area (Å²) in [6, 6.07) is 6.42. The molecule has 0 radical (unpaired) electrons. The molecule has 1 aromatic rings. The normalized spacial score (nSPS) is 20.2. The average molecular weight is 221 g/mol. The molecule has 1 aromatic carbocycles. The minimum atomic E-state index is 0.219. The van der Waals surface area contributed by atoms with Crippen molar-refractivity contribution < 1.29 is 9.84 Å². The quantitative estimate of drug-likeness (QED) is 0.847. The van der Waals surface area contributed by atoms with E-state index in [4.69, 9.17) is 4.74 Å². The molecule has 1 atom stereocenters. The van der Waals surface area contributed by atoms with Gasteiger partial charge in [0.05, 0.1) is 25.4 Å². The van der Waals surface area contributed by atoms with Crippen molar-refractivity contribution in [3.05, 3.63) is 23.8 Å². The maximum absolute atomic E-state index is 9.35. The molecule has 1 heterocycles. The number of hydrogen-bond acceptors (Lipinski definition) is 3. The topological polar surface area (TPSA) is 32.7 Å². The summed E-state index contributed by atoms with van der Waals surface area (Å²) in [4.78, 5) is 2.26. The van der Waals surface area contributed by atoms with Crippen LogP contribution in [0.15, 0.2) is 18.2 Å². The first-order valence-corrected chi connectivity index (χ1v) is 5.78. The van der Waals surface area contributed by atoms with Crippen molar-refractivity contribution in [3.8, 4) is 5.75 Å². The summed E-state index contributed by atoms with van der Waals surface area (Å²) in [5.41, 5.74) is 2.33. The van der Waals surface area contributed by atoms with Gasteiger partial charge in [0.15, 0.2) is 0 Å². The second-order valence-electron chi connectivity index (χ2n) is 4.35. The van der Waals surface area contributed by atoms with Gasteiger partial charge in [-0.3, -0.25) is 0 Å². The number of nitrogens with zero attached hydrogens (tertiary/aromatic N) is 1. The fraction of sp³-hybridized carbons (Fsp3) is 0.538. The van der Waals surface area contributed by atoms with Crippen molar-refractivity contribution in [3.63, 3.8) is 0 Å². The van der Waals surface area contributed by atoms with Gasteiger partial charge in [0.25, 0.3) is 0 Å². The maximum Gasteiger partial charge on any atom is 0.142 e. The molecule has 1 saturated heterocycles. The Morgan fingerprint density at radius 1 is 1.50 bits per heavy atom. The molecule has 88 valence electrons. The molecule has 1 N–H and O–H groups in total. The van der Waals surface area contributed by atoms with E-state index >= 15 is 0 Å². The molecular formula is C13H19NO2. The highest BCUT2D eigenvalue weighted by atomic mass is 16.5. The van der Waals surface area contributed by atoms with Crippen LogP contribution in [-0.4, -0.2) is 31.4 Å². The van der Waals surface area contributed by atoms with Crippen LogP contribution in [0.3, 0.4) is 0 Å². The molecule has 0 aromatic heterocycles. The van der Waals surface area contributed by atoms with E-state index in [9.17, 15) is 5.11 Å². The standard InChI is InChI=1S/C13H19NO2/c1-10-5-6-13(16-2)12(8-10)14-7-3-4-11(14)9-15/h5-6,8,11,15H,3-4,7,9H2,1-2H3. The summed E-state index contributed by atoms with van der Waals surface area (Å²) in [5, 5.41) is 9.35. The second-order valence-corrected chi connectivity index (χ2v) is 4.35. The van der Waals surface area contributed by atoms with Crippen molar-refractivity contribution in [1.29, 1.82) is 0 Å². The molecule has 2 rings (SSSR count). The van der Waals surface area contributed by atoms with Gasteiger partial charge in [0.1, 0.15) is 5.75 Å². The van der Waals surface area contributed by atoms with Crippen LogP contribution in [0.5, 0.6) is 5.75 Å². The van der Waals surface area contributed by atoms with E-state index in [2.05, 4.69) is 17.9 Å². The molecule has 1 aliphatic heterocycles. The van der Waals surface area contributed by atoms with Crippen LogP contribution in [-0.2, 0) is 0 Å². The predicted molar refractivity (Wildman–Crippen MR) is 65.2 cm³/mol. The summed E-state index contributed by atoms with van der Waals surface area (Å²) in [6.45, 7) is 3.30. The van der Waals surface area contributed by atoms with E-state index in [-0.39, 0.29) is 12.6 Å². The zero-order chi connectivity index (χ0) is 11.5. The largest absolute Gasteiger partial charge is 0.495 e. The molecule has 0 spiro atoms. The lowest BCUT2D eigenvalue weighted by Gasteiger charge is -2.27. The fourth-order valence-corrected chi connectivity index (χ4v) is 2.37. The van der Waals surface area contributed by atoms with Gasteiger partial charge in [-0.25, -0.2) is 0 Å². The second kappa shape index (κ2) is 4.74. The number of aliphatic hydroxyl groups is 1. The average Bonchev–Trinajstić information content (AvgIpc) is 2.76. The highest BCUT2D eigenvalue weighted by Crippen LogP contribution is 2.34. The molecule has 1 aliphatic rings. The lowest BCUT2D eigenvalue weighted by molar-refractivity contribution is 0.266. The molecule has 1 unspecified atom stereocenters. The van der Waals surface area contributed by atoms with E-state index in [1.165, 1.54) is 5.56 Å². The Kier molecular flexibility index (Phi) is 3.34. The first-order chi connectivity index (χ1) is 7.76. The molecule has 0 saturated carbocycles. The van der Waals surface area contributed by atoms with Crippen LogP contribution >= 0.6 is 0 Å². The van der Waals surface area contributed by atoms with Crippen LogP contribution in [0.2, 0.25) is 0 Å². The monoisotopic (exact) mass is 221 g/mol. The van der Waals surface area contributed by atoms with Crippen molar-refractivity contribution in [2.75, 3.05) is 25.2 Å². The van der Waals surface area contributed by atoms with Crippen LogP contribution in [0.4, 0.5) is 5.69 Å². The zero-order valence-corrected chi connectivity index (χ0v) is 9.94. The van der Waals surface area contributed by atoms with Gasteiger partial charge >= 0.3 is 0 Å². The SMILES string of the molecule is COc1ccc(C)cc1N1CCCC1CO. The van der Waals surface area contributed by atoms with Gasteiger partial charge < -0.3 is 14.7 Å². The molecule has 16 heavy (non-hydrogen) atoms. The van der Waals surface area contributed by atoms with Crippen LogP contribution in [0.25, 0.3) is 0 Å². The Bertz CT molecular complexity index is 365. The number of aliphatic hydroxyl groups excluding tert-OH is 1. The number of anilines is 1. The third kappa shape index (κ3) is 2.00. The number of hydrogen-bond donors (Lipinski definition) is 1. The number of rotatable bonds is 3. The summed E-state index contributed by atoms with van der Waals surface area (Å²) in [7, 11) is 1.69. The van der Waals surface area contributed by atoms with Gasteiger partial charge in [-0.1, -0.05) is 6.07 Å². The fourth-order valence-electron chi connectivity index (χ4n) is 2.37. The summed E-state index contributed by atoms with van der Waals surface area (Å²) in [6.07, 6.45) is 2.20. The third-order valence-corrected chi connectivity index (χ3v) is 3.23. The Labute approximate surface area is 96.6 Å². The molecule has 0 aliphatic carbocycles. The first-order valence-electron chi connectivity index (χ1n) is 5.78. The van der Waals surface area contributed by atoms with Crippen LogP contribution in [0.1, 0.15) is 18.4 Å². The van der Waals surface area contributed by atoms with Gasteiger partial charge in [-0.05, 0) is 37.5 Å². The Hall–Kier alpha value is -1.22. The Morgan fingerprint density at radius 3 is 3.00 bits per heavy atom. The minimum Gasteiger partial charge on any atom is -0.495 e. The Balaban J connectivity index is 2.34. The summed E-state index contributed by atoms with van der Waals surface area (Å²) >= 11 is 0. The van der Waals surface area contributed by atoms with E-state index in [0.29, 0.717) is 0 Å². The van der Waals surface area contributed by atoms with E-state index in [0.717, 1.165) is 30.8 Å². The maximum atomic E-state index is 9.35. The van der Waals surface area contributed by atoms with Gasteiger partial charge in [0.2, 0.25) is 0 Å². The molecule has 3 heteroatoms. The zero-order valence-electron chi connectivity index (χ0n) is 9.94. The Morgan fingerprint density at radius 2 is 2.31 bits per heavy atom. The third-order valence-electron chi connectivity index (χ3n) is 3.23. The number of aryl methyl sites for hydroxylation is 1. The van der Waals surface area contributed by atoms with Crippen LogP contribution < -0.4 is 9.64 Å². The van der Waals surface area contributed by atoms with Crippen LogP contribution in [0, 0.1) is 6.92 Å². The lowest BCUT2D eigenvalue weighted by atomic mass is 10.1. The highest BCUT2D eigenvalue weighted by Gasteiger charge is 2.26. The number of benzene rings is 1. The van der Waals surface area contributed by atoms with Crippen molar-refractivity contribution >= 4 is 5.69 Å². The van der Waals surface area contributed by atoms with E-state index in [1.807, 2.05) is 12.1 Å². The molecular weight excluding hydrogens is 202 g/mol. The smallest absolute Gasteiger partial charge is 0.142 e. The highest BCUT2D eigenvalue weighted by molar-refractivity contribution is 5.61. The van der Waals surface area contributed by atoms with Gasteiger partial charge in [-0.2, -0.15) is 0 Å². The van der Waals surface area contributed by atoms with E-state index < -0.39 is 0 Å². The number of methoxy groups -OCH3 is 1. The predicted octanol–water partition coefficient (Wildman–Crippen LogP) is 1.96. The number of ether oxygens (including phenoxy) is 1. The summed E-state index contributed by atoms with van der Waals surface area (Å²) in [5.74, 6) is 0.894. The lowest BCUT2D eigenvalue weighted by Crippen LogP contribution is -2.32. The molecule has 0 amide bonds. The first kappa shape index (κ1) is 11.3. The molecule has 0 bridgehead atoms. The minimum absolute atomic E-state index is 0.219. The molecule has 1 fully saturated rings. The van der Waals surface area contributed by atoms with Crippen molar-refractivity contribution in [2.45, 2.75) is 25.8 Å².